The van der Waals surface area contributed by atoms with Crippen molar-refractivity contribution < 1.29 is 4.79 Å². The fourth-order valence-corrected chi connectivity index (χ4v) is 3.11. The van der Waals surface area contributed by atoms with Crippen molar-refractivity contribution in [1.29, 1.82) is 0 Å². The molecular weight excluding hydrogens is 256 g/mol. The molecule has 4 heteroatoms. The second kappa shape index (κ2) is 6.44. The number of carbonyl (C=O) groups is 1. The zero-order valence-corrected chi connectivity index (χ0v) is 12.7. The van der Waals surface area contributed by atoms with Crippen molar-refractivity contribution >= 4 is 17.7 Å². The molecular formula is C15H22N2OS. The molecule has 1 aliphatic heterocycles. The molecule has 1 saturated heterocycles. The Labute approximate surface area is 120 Å². The molecule has 0 spiro atoms. The highest BCUT2D eigenvalue weighted by Crippen LogP contribution is 2.25. The largest absolute Gasteiger partial charge is 0.339 e. The lowest BCUT2D eigenvalue weighted by Gasteiger charge is -2.33. The van der Waals surface area contributed by atoms with E-state index >= 15 is 0 Å². The molecule has 1 amide bonds. The zero-order valence-electron chi connectivity index (χ0n) is 11.9. The third-order valence-electron chi connectivity index (χ3n) is 3.50. The van der Waals surface area contributed by atoms with Crippen LogP contribution in [0.4, 0.5) is 0 Å². The lowest BCUT2D eigenvalue weighted by Crippen LogP contribution is -2.49. The maximum absolute atomic E-state index is 12.4. The number of nitrogens with zero attached hydrogens (tertiary/aromatic N) is 2. The summed E-state index contributed by atoms with van der Waals surface area (Å²) in [6, 6.07) is 8.37. The number of hydrogen-bond acceptors (Lipinski definition) is 3. The molecule has 0 aromatic heterocycles. The van der Waals surface area contributed by atoms with Gasteiger partial charge in [0.05, 0.1) is 5.25 Å². The number of benzene rings is 1. The van der Waals surface area contributed by atoms with Gasteiger partial charge in [0.15, 0.2) is 0 Å². The predicted molar refractivity (Wildman–Crippen MR) is 80.6 cm³/mol. The summed E-state index contributed by atoms with van der Waals surface area (Å²) in [7, 11) is 2.10. The van der Waals surface area contributed by atoms with Gasteiger partial charge in [0.2, 0.25) is 5.91 Å². The highest BCUT2D eigenvalue weighted by Gasteiger charge is 2.24. The van der Waals surface area contributed by atoms with E-state index in [1.807, 2.05) is 11.8 Å². The maximum atomic E-state index is 12.4. The van der Waals surface area contributed by atoms with Gasteiger partial charge in [-0.25, -0.2) is 0 Å². The van der Waals surface area contributed by atoms with Crippen LogP contribution in [0, 0.1) is 6.92 Å². The van der Waals surface area contributed by atoms with Crippen LogP contribution in [0.2, 0.25) is 0 Å². The van der Waals surface area contributed by atoms with Crippen molar-refractivity contribution in [3.05, 3.63) is 29.8 Å². The Morgan fingerprint density at radius 3 is 2.32 bits per heavy atom. The third-order valence-corrected chi connectivity index (χ3v) is 4.60. The minimum Gasteiger partial charge on any atom is -0.339 e. The quantitative estimate of drug-likeness (QED) is 0.792. The summed E-state index contributed by atoms with van der Waals surface area (Å²) < 4.78 is 0. The first kappa shape index (κ1) is 14.4. The van der Waals surface area contributed by atoms with Gasteiger partial charge < -0.3 is 9.80 Å². The molecule has 0 saturated carbocycles. The summed E-state index contributed by atoms with van der Waals surface area (Å²) in [4.78, 5) is 17.8. The lowest BCUT2D eigenvalue weighted by molar-refractivity contribution is -0.131. The molecule has 2 rings (SSSR count). The molecule has 1 aliphatic rings. The van der Waals surface area contributed by atoms with E-state index in [1.54, 1.807) is 11.8 Å². The van der Waals surface area contributed by atoms with Gasteiger partial charge in [-0.15, -0.1) is 11.8 Å². The summed E-state index contributed by atoms with van der Waals surface area (Å²) in [5.41, 5.74) is 1.25. The summed E-state index contributed by atoms with van der Waals surface area (Å²) in [5.74, 6) is 0.263. The van der Waals surface area contributed by atoms with Crippen LogP contribution in [0.1, 0.15) is 12.5 Å². The van der Waals surface area contributed by atoms with Crippen molar-refractivity contribution in [2.24, 2.45) is 0 Å². The Hall–Kier alpha value is -1.00. The fraction of sp³-hybridized carbons (Fsp3) is 0.533. The molecule has 3 nitrogen and oxygen atoms in total. The van der Waals surface area contributed by atoms with E-state index < -0.39 is 0 Å². The average molecular weight is 278 g/mol. The molecule has 0 unspecified atom stereocenters. The first-order chi connectivity index (χ1) is 9.06. The first-order valence-electron chi connectivity index (χ1n) is 6.77. The molecule has 1 fully saturated rings. The van der Waals surface area contributed by atoms with E-state index in [1.165, 1.54) is 10.5 Å². The van der Waals surface area contributed by atoms with Crippen LogP contribution in [0.25, 0.3) is 0 Å². The van der Waals surface area contributed by atoms with E-state index in [-0.39, 0.29) is 11.2 Å². The topological polar surface area (TPSA) is 23.6 Å². The van der Waals surface area contributed by atoms with Crippen molar-refractivity contribution in [1.82, 2.24) is 9.80 Å². The van der Waals surface area contributed by atoms with Gasteiger partial charge in [-0.2, -0.15) is 0 Å². The van der Waals surface area contributed by atoms with Crippen molar-refractivity contribution in [3.63, 3.8) is 0 Å². The van der Waals surface area contributed by atoms with Gasteiger partial charge >= 0.3 is 0 Å². The second-order valence-corrected chi connectivity index (χ2v) is 6.62. The number of hydrogen-bond donors (Lipinski definition) is 0. The molecule has 0 N–H and O–H groups in total. The molecule has 1 heterocycles. The number of rotatable bonds is 3. The maximum Gasteiger partial charge on any atom is 0.235 e. The van der Waals surface area contributed by atoms with E-state index in [9.17, 15) is 4.79 Å². The average Bonchev–Trinajstić information content (AvgIpc) is 2.41. The number of thioether (sulfide) groups is 1. The van der Waals surface area contributed by atoms with E-state index in [4.69, 9.17) is 0 Å². The molecule has 0 aliphatic carbocycles. The van der Waals surface area contributed by atoms with Crippen LogP contribution in [-0.4, -0.2) is 54.2 Å². The van der Waals surface area contributed by atoms with Crippen LogP contribution in [0.15, 0.2) is 29.2 Å². The SMILES string of the molecule is Cc1ccc(S[C@H](C)C(=O)N2CCN(C)CC2)cc1. The van der Waals surface area contributed by atoms with Crippen molar-refractivity contribution in [2.75, 3.05) is 33.2 Å². The van der Waals surface area contributed by atoms with Crippen LogP contribution in [0.3, 0.4) is 0 Å². The van der Waals surface area contributed by atoms with E-state index in [0.717, 1.165) is 26.2 Å². The van der Waals surface area contributed by atoms with Gasteiger partial charge in [0.1, 0.15) is 0 Å². The van der Waals surface area contributed by atoms with E-state index in [2.05, 4.69) is 43.1 Å². The summed E-state index contributed by atoms with van der Waals surface area (Å²) in [6.45, 7) is 7.75. The molecule has 19 heavy (non-hydrogen) atoms. The van der Waals surface area contributed by atoms with Crippen molar-refractivity contribution in [2.45, 2.75) is 24.0 Å². The summed E-state index contributed by atoms with van der Waals surface area (Å²) in [5, 5.41) is -0.00823. The van der Waals surface area contributed by atoms with Crippen molar-refractivity contribution in [3.8, 4) is 0 Å². The summed E-state index contributed by atoms with van der Waals surface area (Å²) >= 11 is 1.65. The van der Waals surface area contributed by atoms with Gasteiger partial charge in [-0.05, 0) is 33.0 Å². The molecule has 1 aromatic carbocycles. The summed E-state index contributed by atoms with van der Waals surface area (Å²) in [6.07, 6.45) is 0. The highest BCUT2D eigenvalue weighted by molar-refractivity contribution is 8.00. The fourth-order valence-electron chi connectivity index (χ4n) is 2.16. The number of amides is 1. The van der Waals surface area contributed by atoms with Gasteiger partial charge in [0.25, 0.3) is 0 Å². The minimum atomic E-state index is -0.00823. The minimum absolute atomic E-state index is 0.00823. The molecule has 1 aromatic rings. The second-order valence-electron chi connectivity index (χ2n) is 5.20. The van der Waals surface area contributed by atoms with Gasteiger partial charge in [-0.3, -0.25) is 4.79 Å². The smallest absolute Gasteiger partial charge is 0.235 e. The standard InChI is InChI=1S/C15H22N2OS/c1-12-4-6-14(7-5-12)19-13(2)15(18)17-10-8-16(3)9-11-17/h4-7,13H,8-11H2,1-3H3/t13-/m1/s1. The number of carbonyl (C=O) groups excluding carboxylic acids is 1. The Morgan fingerprint density at radius 1 is 1.16 bits per heavy atom. The molecule has 1 atom stereocenters. The molecule has 104 valence electrons. The number of likely N-dealkylation sites (N-methyl/N-ethyl adjacent to an activating group) is 1. The zero-order chi connectivity index (χ0) is 13.8. The normalized spacial score (nSPS) is 18.4. The van der Waals surface area contributed by atoms with Crippen LogP contribution in [0.5, 0.6) is 0 Å². The molecule has 0 bridgehead atoms. The van der Waals surface area contributed by atoms with E-state index in [0.29, 0.717) is 0 Å². The monoisotopic (exact) mass is 278 g/mol. The first-order valence-corrected chi connectivity index (χ1v) is 7.65. The van der Waals surface area contributed by atoms with Gasteiger partial charge in [-0.1, -0.05) is 17.7 Å². The predicted octanol–water partition coefficient (Wildman–Crippen LogP) is 2.25. The third kappa shape index (κ3) is 3.98. The highest BCUT2D eigenvalue weighted by atomic mass is 32.2. The number of aryl methyl sites for hydroxylation is 1. The molecule has 0 radical (unpaired) electrons. The number of piperazine rings is 1. The van der Waals surface area contributed by atoms with Crippen LogP contribution in [-0.2, 0) is 4.79 Å². The lowest BCUT2D eigenvalue weighted by atomic mass is 10.2. The Morgan fingerprint density at radius 2 is 1.74 bits per heavy atom. The Bertz CT molecular complexity index is 424. The Balaban J connectivity index is 1.90. The Kier molecular flexibility index (Phi) is 4.88. The van der Waals surface area contributed by atoms with Crippen LogP contribution >= 0.6 is 11.8 Å². The van der Waals surface area contributed by atoms with Gasteiger partial charge in [0, 0.05) is 31.1 Å². The van der Waals surface area contributed by atoms with Crippen LogP contribution < -0.4 is 0 Å².